The lowest BCUT2D eigenvalue weighted by atomic mass is 10.1. The summed E-state index contributed by atoms with van der Waals surface area (Å²) in [5.41, 5.74) is 3.04. The lowest BCUT2D eigenvalue weighted by molar-refractivity contribution is -0.104. The molecule has 0 radical (unpaired) electrons. The highest BCUT2D eigenvalue weighted by atomic mass is 16.5. The van der Waals surface area contributed by atoms with Crippen LogP contribution in [0.4, 0.5) is 0 Å². The Morgan fingerprint density at radius 2 is 2.36 bits per heavy atom. The summed E-state index contributed by atoms with van der Waals surface area (Å²) in [4.78, 5) is 10.4. The molecular weight excluding hydrogens is 176 g/mol. The lowest BCUT2D eigenvalue weighted by Crippen LogP contribution is -1.85. The molecule has 2 heteroatoms. The van der Waals surface area contributed by atoms with Crippen molar-refractivity contribution in [3.8, 4) is 5.75 Å². The second-order valence-electron chi connectivity index (χ2n) is 3.47. The van der Waals surface area contributed by atoms with Crippen molar-refractivity contribution in [3.05, 3.63) is 34.9 Å². The highest BCUT2D eigenvalue weighted by Crippen LogP contribution is 2.26. The number of allylic oxidation sites excluding steroid dienone is 1. The third kappa shape index (κ3) is 1.69. The largest absolute Gasteiger partial charge is 0.493 e. The molecule has 0 spiro atoms. The normalized spacial score (nSPS) is 14.8. The number of hydrogen-bond acceptors (Lipinski definition) is 2. The van der Waals surface area contributed by atoms with Crippen LogP contribution in [0.25, 0.3) is 6.08 Å². The summed E-state index contributed by atoms with van der Waals surface area (Å²) < 4.78 is 5.39. The fourth-order valence-electron chi connectivity index (χ4n) is 1.59. The van der Waals surface area contributed by atoms with Gasteiger partial charge in [-0.05, 0) is 41.8 Å². The number of carbonyl (C=O) groups is 1. The number of aldehydes is 1. The maximum absolute atomic E-state index is 10.4. The van der Waals surface area contributed by atoms with E-state index in [2.05, 4.69) is 6.07 Å². The summed E-state index contributed by atoms with van der Waals surface area (Å²) in [6.07, 6.45) is 3.71. The smallest absolute Gasteiger partial charge is 0.145 e. The van der Waals surface area contributed by atoms with E-state index in [4.69, 9.17) is 4.74 Å². The molecule has 0 N–H and O–H groups in total. The van der Waals surface area contributed by atoms with Crippen molar-refractivity contribution in [1.82, 2.24) is 0 Å². The van der Waals surface area contributed by atoms with Crippen LogP contribution in [0, 0.1) is 0 Å². The molecule has 14 heavy (non-hydrogen) atoms. The average Bonchev–Trinajstić information content (AvgIpc) is 2.64. The number of hydrogen-bond donors (Lipinski definition) is 0. The van der Waals surface area contributed by atoms with E-state index in [1.165, 1.54) is 5.56 Å². The average molecular weight is 188 g/mol. The van der Waals surface area contributed by atoms with Crippen LogP contribution in [0.1, 0.15) is 18.1 Å². The molecule has 0 aromatic heterocycles. The molecule has 0 amide bonds. The number of ether oxygens (including phenoxy) is 1. The maximum atomic E-state index is 10.4. The van der Waals surface area contributed by atoms with Crippen molar-refractivity contribution < 1.29 is 9.53 Å². The van der Waals surface area contributed by atoms with Gasteiger partial charge in [-0.1, -0.05) is 6.07 Å². The zero-order chi connectivity index (χ0) is 9.97. The van der Waals surface area contributed by atoms with Crippen molar-refractivity contribution in [2.75, 3.05) is 6.61 Å². The summed E-state index contributed by atoms with van der Waals surface area (Å²) in [7, 11) is 0. The van der Waals surface area contributed by atoms with Gasteiger partial charge in [-0.2, -0.15) is 0 Å². The first kappa shape index (κ1) is 9.00. The van der Waals surface area contributed by atoms with Gasteiger partial charge in [0.2, 0.25) is 0 Å². The molecule has 1 aromatic rings. The van der Waals surface area contributed by atoms with E-state index >= 15 is 0 Å². The van der Waals surface area contributed by atoms with Gasteiger partial charge < -0.3 is 4.74 Å². The Labute approximate surface area is 83.2 Å². The Bertz CT molecular complexity index is 391. The molecule has 0 bridgehead atoms. The highest BCUT2D eigenvalue weighted by Gasteiger charge is 2.10. The molecule has 1 aromatic carbocycles. The van der Waals surface area contributed by atoms with Gasteiger partial charge in [0.25, 0.3) is 0 Å². The van der Waals surface area contributed by atoms with Gasteiger partial charge >= 0.3 is 0 Å². The van der Waals surface area contributed by atoms with Gasteiger partial charge in [-0.15, -0.1) is 0 Å². The Kier molecular flexibility index (Phi) is 2.35. The Morgan fingerprint density at radius 1 is 1.50 bits per heavy atom. The van der Waals surface area contributed by atoms with Crippen LogP contribution < -0.4 is 4.74 Å². The van der Waals surface area contributed by atoms with E-state index in [1.807, 2.05) is 18.2 Å². The molecule has 2 nitrogen and oxygen atoms in total. The van der Waals surface area contributed by atoms with Gasteiger partial charge in [0.1, 0.15) is 12.0 Å². The highest BCUT2D eigenvalue weighted by molar-refractivity contribution is 5.80. The summed E-state index contributed by atoms with van der Waals surface area (Å²) in [6, 6.07) is 6.01. The first-order valence-electron chi connectivity index (χ1n) is 4.69. The molecular formula is C12H12O2. The van der Waals surface area contributed by atoms with Crippen LogP contribution in [0.5, 0.6) is 5.75 Å². The first-order valence-corrected chi connectivity index (χ1v) is 4.69. The standard InChI is InChI=1S/C12H12O2/c1-9(8-13)6-10-2-3-12-11(7-10)4-5-14-12/h2-3,6-8H,4-5H2,1H3. The van der Waals surface area contributed by atoms with E-state index in [1.54, 1.807) is 6.92 Å². The predicted octanol–water partition coefficient (Wildman–Crippen LogP) is 2.22. The Hall–Kier alpha value is -1.57. The number of carbonyl (C=O) groups excluding carboxylic acids is 1. The summed E-state index contributed by atoms with van der Waals surface area (Å²) in [5, 5.41) is 0. The van der Waals surface area contributed by atoms with Crippen molar-refractivity contribution >= 4 is 12.4 Å². The molecule has 1 heterocycles. The molecule has 1 aliphatic rings. The lowest BCUT2D eigenvalue weighted by Gasteiger charge is -1.99. The van der Waals surface area contributed by atoms with Gasteiger partial charge in [0.15, 0.2) is 0 Å². The minimum atomic E-state index is 0.740. The van der Waals surface area contributed by atoms with Crippen LogP contribution in [-0.4, -0.2) is 12.9 Å². The van der Waals surface area contributed by atoms with Crippen molar-refractivity contribution in [1.29, 1.82) is 0 Å². The van der Waals surface area contributed by atoms with E-state index in [-0.39, 0.29) is 0 Å². The van der Waals surface area contributed by atoms with Crippen molar-refractivity contribution in [2.45, 2.75) is 13.3 Å². The molecule has 0 saturated carbocycles. The zero-order valence-corrected chi connectivity index (χ0v) is 8.12. The molecule has 2 rings (SSSR count). The number of benzene rings is 1. The van der Waals surface area contributed by atoms with Crippen LogP contribution in [-0.2, 0) is 11.2 Å². The van der Waals surface area contributed by atoms with E-state index in [9.17, 15) is 4.79 Å². The molecule has 1 aliphatic heterocycles. The van der Waals surface area contributed by atoms with Crippen LogP contribution >= 0.6 is 0 Å². The zero-order valence-electron chi connectivity index (χ0n) is 8.12. The van der Waals surface area contributed by atoms with E-state index in [0.29, 0.717) is 0 Å². The molecule has 0 aliphatic carbocycles. The third-order valence-electron chi connectivity index (χ3n) is 2.29. The van der Waals surface area contributed by atoms with Crippen LogP contribution in [0.2, 0.25) is 0 Å². The molecule has 0 fully saturated rings. The number of rotatable bonds is 2. The monoisotopic (exact) mass is 188 g/mol. The van der Waals surface area contributed by atoms with Gasteiger partial charge in [0.05, 0.1) is 6.61 Å². The SMILES string of the molecule is CC(C=O)=Cc1ccc2c(c1)CCO2. The van der Waals surface area contributed by atoms with Crippen molar-refractivity contribution in [2.24, 2.45) is 0 Å². The molecule has 72 valence electrons. The van der Waals surface area contributed by atoms with Crippen LogP contribution in [0.3, 0.4) is 0 Å². The molecule has 0 unspecified atom stereocenters. The second-order valence-corrected chi connectivity index (χ2v) is 3.47. The predicted molar refractivity (Wildman–Crippen MR) is 55.4 cm³/mol. The van der Waals surface area contributed by atoms with Gasteiger partial charge in [0, 0.05) is 6.42 Å². The minimum Gasteiger partial charge on any atom is -0.493 e. The first-order chi connectivity index (χ1) is 6.79. The fourth-order valence-corrected chi connectivity index (χ4v) is 1.59. The summed E-state index contributed by atoms with van der Waals surface area (Å²) in [6.45, 7) is 2.58. The Balaban J connectivity index is 2.33. The van der Waals surface area contributed by atoms with Gasteiger partial charge in [-0.25, -0.2) is 0 Å². The quantitative estimate of drug-likeness (QED) is 0.525. The molecule has 0 atom stereocenters. The maximum Gasteiger partial charge on any atom is 0.145 e. The van der Waals surface area contributed by atoms with Crippen molar-refractivity contribution in [3.63, 3.8) is 0 Å². The molecule has 0 saturated heterocycles. The van der Waals surface area contributed by atoms with E-state index < -0.39 is 0 Å². The van der Waals surface area contributed by atoms with E-state index in [0.717, 1.165) is 36.2 Å². The third-order valence-corrected chi connectivity index (χ3v) is 2.29. The second kappa shape index (κ2) is 3.66. The van der Waals surface area contributed by atoms with Crippen LogP contribution in [0.15, 0.2) is 23.8 Å². The summed E-state index contributed by atoms with van der Waals surface area (Å²) in [5.74, 6) is 0.978. The van der Waals surface area contributed by atoms with Gasteiger partial charge in [-0.3, -0.25) is 4.79 Å². The number of fused-ring (bicyclic) bond motifs is 1. The fraction of sp³-hybridized carbons (Fsp3) is 0.250. The minimum absolute atomic E-state index is 0.740. The summed E-state index contributed by atoms with van der Waals surface area (Å²) >= 11 is 0. The topological polar surface area (TPSA) is 26.3 Å². The Morgan fingerprint density at radius 3 is 3.14 bits per heavy atom.